The molecule has 1 N–H and O–H groups in total. The maximum absolute atomic E-state index is 10.0. The summed E-state index contributed by atoms with van der Waals surface area (Å²) >= 11 is 0. The molecular weight excluding hydrogens is 160 g/mol. The van der Waals surface area contributed by atoms with Gasteiger partial charge in [0.05, 0.1) is 7.11 Å². The monoisotopic (exact) mass is 168 g/mol. The van der Waals surface area contributed by atoms with Crippen molar-refractivity contribution < 1.29 is 9.53 Å². The molecule has 1 aromatic rings. The molecule has 1 aromatic heterocycles. The Balaban J connectivity index is 2.97. The Morgan fingerprint density at radius 2 is 2.17 bits per heavy atom. The second kappa shape index (κ2) is 3.61. The van der Waals surface area contributed by atoms with Crippen LogP contribution in [0, 0.1) is 6.92 Å². The molecule has 0 aliphatic carbocycles. The topological polar surface area (TPSA) is 77.0 Å². The number of rotatable bonds is 3. The molecule has 0 aliphatic heterocycles. The summed E-state index contributed by atoms with van der Waals surface area (Å²) in [5.41, 5.74) is 0. The highest BCUT2D eigenvalue weighted by atomic mass is 16.5. The Morgan fingerprint density at radius 1 is 1.42 bits per heavy atom. The smallest absolute Gasteiger partial charge is 0.321 e. The van der Waals surface area contributed by atoms with Crippen LogP contribution in [0.5, 0.6) is 6.01 Å². The van der Waals surface area contributed by atoms with Gasteiger partial charge in [-0.15, -0.1) is 0 Å². The van der Waals surface area contributed by atoms with E-state index in [1.165, 1.54) is 7.11 Å². The van der Waals surface area contributed by atoms with Crippen molar-refractivity contribution in [3.63, 3.8) is 0 Å². The van der Waals surface area contributed by atoms with E-state index in [4.69, 9.17) is 4.74 Å². The average Bonchev–Trinajstić information content (AvgIpc) is 2.04. The standard InChI is InChI=1S/C6H8N4O2/c1-4-8-5(7-3-11)10-6(9-4)12-2/h3H,1-2H3,(H,7,8,9,10,11). The van der Waals surface area contributed by atoms with Crippen molar-refractivity contribution in [3.8, 4) is 6.01 Å². The summed E-state index contributed by atoms with van der Waals surface area (Å²) in [4.78, 5) is 21.4. The van der Waals surface area contributed by atoms with Gasteiger partial charge in [-0.1, -0.05) is 0 Å². The van der Waals surface area contributed by atoms with Crippen molar-refractivity contribution >= 4 is 12.4 Å². The molecule has 1 heterocycles. The van der Waals surface area contributed by atoms with Gasteiger partial charge in [0.2, 0.25) is 12.4 Å². The lowest BCUT2D eigenvalue weighted by molar-refractivity contribution is -0.105. The van der Waals surface area contributed by atoms with Gasteiger partial charge in [-0.2, -0.15) is 15.0 Å². The molecule has 0 atom stereocenters. The van der Waals surface area contributed by atoms with Crippen LogP contribution in [0.1, 0.15) is 5.82 Å². The summed E-state index contributed by atoms with van der Waals surface area (Å²) in [7, 11) is 1.44. The Morgan fingerprint density at radius 3 is 2.75 bits per heavy atom. The van der Waals surface area contributed by atoms with Crippen LogP contribution in [0.25, 0.3) is 0 Å². The van der Waals surface area contributed by atoms with Gasteiger partial charge in [-0.3, -0.25) is 10.1 Å². The SMILES string of the molecule is COc1nc(C)nc(NC=O)n1. The van der Waals surface area contributed by atoms with Crippen molar-refractivity contribution in [1.82, 2.24) is 15.0 Å². The van der Waals surface area contributed by atoms with Crippen molar-refractivity contribution in [1.29, 1.82) is 0 Å². The minimum absolute atomic E-state index is 0.187. The zero-order valence-electron chi connectivity index (χ0n) is 6.74. The number of aromatic nitrogens is 3. The summed E-state index contributed by atoms with van der Waals surface area (Å²) in [6.07, 6.45) is 0.494. The van der Waals surface area contributed by atoms with Gasteiger partial charge >= 0.3 is 6.01 Å². The predicted molar refractivity (Wildman–Crippen MR) is 40.8 cm³/mol. The number of methoxy groups -OCH3 is 1. The molecular formula is C6H8N4O2. The molecule has 1 rings (SSSR count). The average molecular weight is 168 g/mol. The molecule has 0 saturated heterocycles. The summed E-state index contributed by atoms with van der Waals surface area (Å²) in [6.45, 7) is 1.68. The van der Waals surface area contributed by atoms with Crippen LogP contribution in [0.15, 0.2) is 0 Å². The van der Waals surface area contributed by atoms with Crippen LogP contribution < -0.4 is 10.1 Å². The fourth-order valence-electron chi connectivity index (χ4n) is 0.666. The molecule has 0 saturated carbocycles. The molecule has 0 bridgehead atoms. The molecule has 12 heavy (non-hydrogen) atoms. The molecule has 6 nitrogen and oxygen atoms in total. The van der Waals surface area contributed by atoms with Crippen molar-refractivity contribution in [3.05, 3.63) is 5.82 Å². The summed E-state index contributed by atoms with van der Waals surface area (Å²) in [5.74, 6) is 0.681. The van der Waals surface area contributed by atoms with E-state index in [-0.39, 0.29) is 12.0 Å². The third-order valence-electron chi connectivity index (χ3n) is 1.10. The molecule has 0 radical (unpaired) electrons. The number of carbonyl (C=O) groups is 1. The van der Waals surface area contributed by atoms with Crippen LogP contribution in [0.3, 0.4) is 0 Å². The van der Waals surface area contributed by atoms with E-state index in [9.17, 15) is 4.79 Å². The summed E-state index contributed by atoms with van der Waals surface area (Å²) < 4.78 is 4.76. The molecule has 1 amide bonds. The van der Waals surface area contributed by atoms with Crippen LogP contribution in [-0.4, -0.2) is 28.5 Å². The first-order chi connectivity index (χ1) is 5.76. The quantitative estimate of drug-likeness (QED) is 0.630. The number of hydrogen-bond donors (Lipinski definition) is 1. The molecule has 0 aromatic carbocycles. The zero-order chi connectivity index (χ0) is 8.97. The first kappa shape index (κ1) is 8.38. The number of anilines is 1. The Bertz CT molecular complexity index is 289. The first-order valence-electron chi connectivity index (χ1n) is 3.23. The van der Waals surface area contributed by atoms with Gasteiger partial charge in [0.1, 0.15) is 5.82 Å². The zero-order valence-corrected chi connectivity index (χ0v) is 6.74. The number of ether oxygens (including phenoxy) is 1. The molecule has 0 spiro atoms. The Kier molecular flexibility index (Phi) is 2.52. The Labute approximate surface area is 69.0 Å². The third-order valence-corrected chi connectivity index (χ3v) is 1.10. The third kappa shape index (κ3) is 1.88. The Hall–Kier alpha value is -1.72. The van der Waals surface area contributed by atoms with E-state index in [0.29, 0.717) is 12.2 Å². The maximum Gasteiger partial charge on any atom is 0.321 e. The van der Waals surface area contributed by atoms with Crippen molar-refractivity contribution in [2.24, 2.45) is 0 Å². The molecule has 6 heteroatoms. The lowest BCUT2D eigenvalue weighted by Crippen LogP contribution is -2.04. The largest absolute Gasteiger partial charge is 0.467 e. The second-order valence-electron chi connectivity index (χ2n) is 1.96. The number of hydrogen-bond acceptors (Lipinski definition) is 5. The highest BCUT2D eigenvalue weighted by molar-refractivity contribution is 5.66. The van der Waals surface area contributed by atoms with Gasteiger partial charge in [0.15, 0.2) is 0 Å². The summed E-state index contributed by atoms with van der Waals surface area (Å²) in [5, 5.41) is 2.30. The van der Waals surface area contributed by atoms with Gasteiger partial charge in [0.25, 0.3) is 0 Å². The minimum Gasteiger partial charge on any atom is -0.467 e. The van der Waals surface area contributed by atoms with Gasteiger partial charge in [-0.25, -0.2) is 0 Å². The van der Waals surface area contributed by atoms with Crippen LogP contribution in [-0.2, 0) is 4.79 Å². The maximum atomic E-state index is 10.0. The van der Waals surface area contributed by atoms with Crippen LogP contribution in [0.2, 0.25) is 0 Å². The van der Waals surface area contributed by atoms with E-state index in [2.05, 4.69) is 20.3 Å². The van der Waals surface area contributed by atoms with Crippen molar-refractivity contribution in [2.45, 2.75) is 6.92 Å². The fourth-order valence-corrected chi connectivity index (χ4v) is 0.666. The number of aryl methyl sites for hydroxylation is 1. The van der Waals surface area contributed by atoms with E-state index in [0.717, 1.165) is 0 Å². The van der Waals surface area contributed by atoms with Crippen LogP contribution >= 0.6 is 0 Å². The summed E-state index contributed by atoms with van der Waals surface area (Å²) in [6, 6.07) is 0.187. The normalized spacial score (nSPS) is 9.17. The predicted octanol–water partition coefficient (Wildman–Crippen LogP) is -0.243. The van der Waals surface area contributed by atoms with Crippen molar-refractivity contribution in [2.75, 3.05) is 12.4 Å². The fraction of sp³-hybridized carbons (Fsp3) is 0.333. The van der Waals surface area contributed by atoms with Crippen LogP contribution in [0.4, 0.5) is 5.95 Å². The molecule has 0 fully saturated rings. The highest BCUT2D eigenvalue weighted by Gasteiger charge is 2.01. The number of amides is 1. The van der Waals surface area contributed by atoms with E-state index < -0.39 is 0 Å². The number of nitrogens with zero attached hydrogens (tertiary/aromatic N) is 3. The minimum atomic E-state index is 0.187. The first-order valence-corrected chi connectivity index (χ1v) is 3.23. The van der Waals surface area contributed by atoms with Gasteiger partial charge in [-0.05, 0) is 6.92 Å². The number of carbonyl (C=O) groups excluding carboxylic acids is 1. The second-order valence-corrected chi connectivity index (χ2v) is 1.96. The highest BCUT2D eigenvalue weighted by Crippen LogP contribution is 2.04. The van der Waals surface area contributed by atoms with E-state index in [1.54, 1.807) is 6.92 Å². The lowest BCUT2D eigenvalue weighted by atomic mass is 10.7. The molecule has 64 valence electrons. The van der Waals surface area contributed by atoms with E-state index in [1.807, 2.05) is 0 Å². The van der Waals surface area contributed by atoms with Gasteiger partial charge < -0.3 is 4.74 Å². The molecule has 0 aliphatic rings. The molecule has 0 unspecified atom stereocenters. The van der Waals surface area contributed by atoms with E-state index >= 15 is 0 Å². The lowest BCUT2D eigenvalue weighted by Gasteiger charge is -2.00. The van der Waals surface area contributed by atoms with Gasteiger partial charge in [0, 0.05) is 0 Å². The number of nitrogens with one attached hydrogen (secondary N) is 1.